The number of methoxy groups -OCH3 is 1. The minimum atomic E-state index is -3.62. The molecule has 0 spiro atoms. The number of furan rings is 1. The molecule has 0 fully saturated rings. The summed E-state index contributed by atoms with van der Waals surface area (Å²) < 4.78 is 36.1. The summed E-state index contributed by atoms with van der Waals surface area (Å²) in [6.45, 7) is 1.90. The SMILES string of the molecule is COc1ccc(S(=O)(=O)N(C)C)cc1NC(=O)CN[C@H](C)c1ccco1. The number of rotatable bonds is 8. The van der Waals surface area contributed by atoms with E-state index < -0.39 is 10.0 Å². The lowest BCUT2D eigenvalue weighted by atomic mass is 10.2. The molecule has 0 saturated carbocycles. The van der Waals surface area contributed by atoms with E-state index >= 15 is 0 Å². The Morgan fingerprint density at radius 3 is 2.62 bits per heavy atom. The third kappa shape index (κ3) is 4.63. The van der Waals surface area contributed by atoms with Gasteiger partial charge in [-0.3, -0.25) is 10.1 Å². The molecule has 142 valence electrons. The number of hydrogen-bond donors (Lipinski definition) is 2. The lowest BCUT2D eigenvalue weighted by molar-refractivity contribution is -0.115. The molecule has 0 aliphatic carbocycles. The Kier molecular flexibility index (Phi) is 6.41. The van der Waals surface area contributed by atoms with E-state index in [-0.39, 0.29) is 29.1 Å². The number of nitrogens with one attached hydrogen (secondary N) is 2. The summed E-state index contributed by atoms with van der Waals surface area (Å²) in [5.41, 5.74) is 0.285. The van der Waals surface area contributed by atoms with E-state index in [4.69, 9.17) is 9.15 Å². The van der Waals surface area contributed by atoms with Crippen LogP contribution >= 0.6 is 0 Å². The first-order valence-electron chi connectivity index (χ1n) is 7.93. The van der Waals surface area contributed by atoms with Crippen LogP contribution in [0, 0.1) is 0 Å². The van der Waals surface area contributed by atoms with Gasteiger partial charge in [-0.2, -0.15) is 0 Å². The lowest BCUT2D eigenvalue weighted by Gasteiger charge is -2.16. The van der Waals surface area contributed by atoms with Gasteiger partial charge in [0.05, 0.1) is 36.5 Å². The third-order valence-electron chi connectivity index (χ3n) is 3.76. The van der Waals surface area contributed by atoms with Crippen molar-refractivity contribution in [3.05, 3.63) is 42.4 Å². The number of nitrogens with zero attached hydrogens (tertiary/aromatic N) is 1. The number of benzene rings is 1. The summed E-state index contributed by atoms with van der Waals surface area (Å²) in [5, 5.41) is 5.71. The van der Waals surface area contributed by atoms with Crippen LogP contribution in [0.3, 0.4) is 0 Å². The summed E-state index contributed by atoms with van der Waals surface area (Å²) in [6.07, 6.45) is 1.56. The lowest BCUT2D eigenvalue weighted by Crippen LogP contribution is -2.30. The number of amides is 1. The highest BCUT2D eigenvalue weighted by molar-refractivity contribution is 7.89. The summed E-state index contributed by atoms with van der Waals surface area (Å²) in [5.74, 6) is 0.755. The Bertz CT molecular complexity index is 847. The molecule has 0 radical (unpaired) electrons. The van der Waals surface area contributed by atoms with Crippen LogP contribution in [0.15, 0.2) is 45.9 Å². The fraction of sp³-hybridized carbons (Fsp3) is 0.353. The van der Waals surface area contributed by atoms with E-state index in [1.807, 2.05) is 13.0 Å². The Morgan fingerprint density at radius 2 is 2.04 bits per heavy atom. The first-order chi connectivity index (χ1) is 12.3. The minimum absolute atomic E-state index is 0.0235. The standard InChI is InChI=1S/C17H23N3O5S/c1-12(15-6-5-9-25-15)18-11-17(21)19-14-10-13(7-8-16(14)24-4)26(22,23)20(2)3/h5-10,12,18H,11H2,1-4H3,(H,19,21)/t12-/m1/s1. The van der Waals surface area contributed by atoms with Gasteiger partial charge in [-0.05, 0) is 37.3 Å². The highest BCUT2D eigenvalue weighted by Crippen LogP contribution is 2.28. The van der Waals surface area contributed by atoms with Crippen LogP contribution in [-0.2, 0) is 14.8 Å². The van der Waals surface area contributed by atoms with Gasteiger partial charge in [-0.15, -0.1) is 0 Å². The maximum atomic E-state index is 12.3. The topological polar surface area (TPSA) is 101 Å². The van der Waals surface area contributed by atoms with Crippen LogP contribution in [0.25, 0.3) is 0 Å². The van der Waals surface area contributed by atoms with Gasteiger partial charge in [0, 0.05) is 14.1 Å². The molecule has 1 heterocycles. The molecule has 0 saturated heterocycles. The van der Waals surface area contributed by atoms with Crippen LogP contribution in [0.2, 0.25) is 0 Å². The zero-order chi connectivity index (χ0) is 19.3. The quantitative estimate of drug-likeness (QED) is 0.723. The Balaban J connectivity index is 2.10. The van der Waals surface area contributed by atoms with Gasteiger partial charge < -0.3 is 14.5 Å². The highest BCUT2D eigenvalue weighted by Gasteiger charge is 2.20. The first-order valence-corrected chi connectivity index (χ1v) is 9.37. The number of hydrogen-bond acceptors (Lipinski definition) is 6. The van der Waals surface area contributed by atoms with E-state index in [2.05, 4.69) is 10.6 Å². The van der Waals surface area contributed by atoms with Crippen molar-refractivity contribution in [2.24, 2.45) is 0 Å². The smallest absolute Gasteiger partial charge is 0.242 e. The molecular weight excluding hydrogens is 358 g/mol. The largest absolute Gasteiger partial charge is 0.495 e. The number of ether oxygens (including phenoxy) is 1. The molecule has 1 amide bonds. The van der Waals surface area contributed by atoms with Gasteiger partial charge in [0.1, 0.15) is 11.5 Å². The van der Waals surface area contributed by atoms with Gasteiger partial charge >= 0.3 is 0 Å². The van der Waals surface area contributed by atoms with Crippen molar-refractivity contribution >= 4 is 21.6 Å². The summed E-state index contributed by atoms with van der Waals surface area (Å²) in [7, 11) is 0.714. The molecule has 1 atom stereocenters. The molecule has 8 nitrogen and oxygen atoms in total. The van der Waals surface area contributed by atoms with Crippen LogP contribution in [0.4, 0.5) is 5.69 Å². The Hall–Kier alpha value is -2.36. The van der Waals surface area contributed by atoms with Crippen molar-refractivity contribution in [1.29, 1.82) is 0 Å². The van der Waals surface area contributed by atoms with Gasteiger partial charge in [-0.25, -0.2) is 12.7 Å². The van der Waals surface area contributed by atoms with Crippen molar-refractivity contribution < 1.29 is 22.4 Å². The molecule has 1 aromatic heterocycles. The molecule has 0 aliphatic heterocycles. The molecule has 0 bridgehead atoms. The zero-order valence-corrected chi connectivity index (χ0v) is 16.0. The van der Waals surface area contributed by atoms with Crippen molar-refractivity contribution in [3.63, 3.8) is 0 Å². The molecule has 2 rings (SSSR count). The van der Waals surface area contributed by atoms with Crippen LogP contribution in [0.5, 0.6) is 5.75 Å². The maximum Gasteiger partial charge on any atom is 0.242 e. The zero-order valence-electron chi connectivity index (χ0n) is 15.1. The van der Waals surface area contributed by atoms with Crippen LogP contribution in [0.1, 0.15) is 18.7 Å². The minimum Gasteiger partial charge on any atom is -0.495 e. The average Bonchev–Trinajstić information content (AvgIpc) is 3.14. The third-order valence-corrected chi connectivity index (χ3v) is 5.57. The van der Waals surface area contributed by atoms with Crippen molar-refractivity contribution in [3.8, 4) is 5.75 Å². The monoisotopic (exact) mass is 381 g/mol. The number of carbonyl (C=O) groups excluding carboxylic acids is 1. The average molecular weight is 381 g/mol. The van der Waals surface area contributed by atoms with Crippen molar-refractivity contribution in [2.75, 3.05) is 33.1 Å². The van der Waals surface area contributed by atoms with Crippen molar-refractivity contribution in [2.45, 2.75) is 17.9 Å². The summed E-state index contributed by atoms with van der Waals surface area (Å²) in [4.78, 5) is 12.3. The van der Waals surface area contributed by atoms with Gasteiger partial charge in [0.15, 0.2) is 0 Å². The Morgan fingerprint density at radius 1 is 1.31 bits per heavy atom. The van der Waals surface area contributed by atoms with Gasteiger partial charge in [-0.1, -0.05) is 0 Å². The van der Waals surface area contributed by atoms with E-state index in [0.717, 1.165) is 10.1 Å². The second-order valence-electron chi connectivity index (χ2n) is 5.82. The van der Waals surface area contributed by atoms with Crippen molar-refractivity contribution in [1.82, 2.24) is 9.62 Å². The maximum absolute atomic E-state index is 12.3. The second kappa shape index (κ2) is 8.35. The molecule has 0 aliphatic rings. The number of anilines is 1. The molecule has 9 heteroatoms. The summed E-state index contributed by atoms with van der Waals surface area (Å²) in [6, 6.07) is 7.76. The van der Waals surface area contributed by atoms with Gasteiger partial charge in [0.2, 0.25) is 15.9 Å². The summed E-state index contributed by atoms with van der Waals surface area (Å²) >= 11 is 0. The van der Waals surface area contributed by atoms with Crippen LogP contribution in [-0.4, -0.2) is 46.4 Å². The molecule has 0 unspecified atom stereocenters. The molecule has 1 aromatic carbocycles. The molecule has 26 heavy (non-hydrogen) atoms. The predicted octanol–water partition coefficient (Wildman–Crippen LogP) is 1.83. The first kappa shape index (κ1) is 20.0. The van der Waals surface area contributed by atoms with E-state index in [1.165, 1.54) is 39.4 Å². The number of sulfonamides is 1. The highest BCUT2D eigenvalue weighted by atomic mass is 32.2. The van der Waals surface area contributed by atoms with E-state index in [1.54, 1.807) is 12.3 Å². The molecule has 2 aromatic rings. The normalized spacial score (nSPS) is 12.8. The molecule has 2 N–H and O–H groups in total. The van der Waals surface area contributed by atoms with E-state index in [0.29, 0.717) is 5.75 Å². The van der Waals surface area contributed by atoms with Crippen LogP contribution < -0.4 is 15.4 Å². The fourth-order valence-corrected chi connectivity index (χ4v) is 3.16. The second-order valence-corrected chi connectivity index (χ2v) is 7.97. The van der Waals surface area contributed by atoms with Gasteiger partial charge in [0.25, 0.3) is 0 Å². The predicted molar refractivity (Wildman–Crippen MR) is 97.6 cm³/mol. The van der Waals surface area contributed by atoms with E-state index in [9.17, 15) is 13.2 Å². The Labute approximate surface area is 153 Å². The fourth-order valence-electron chi connectivity index (χ4n) is 2.23. The number of carbonyl (C=O) groups is 1. The molecular formula is C17H23N3O5S.